The number of ether oxygens (including phenoxy) is 1. The fourth-order valence-corrected chi connectivity index (χ4v) is 6.96. The Balaban J connectivity index is 1.43. The molecule has 7 nitrogen and oxygen atoms in total. The van der Waals surface area contributed by atoms with Crippen LogP contribution >= 0.6 is 11.8 Å². The Labute approximate surface area is 294 Å². The molecule has 0 aliphatic carbocycles. The lowest BCUT2D eigenvalue weighted by molar-refractivity contribution is -0.146. The number of rotatable bonds is 16. The van der Waals surface area contributed by atoms with Crippen molar-refractivity contribution in [1.82, 2.24) is 14.5 Å². The van der Waals surface area contributed by atoms with Crippen LogP contribution in [0.2, 0.25) is 0 Å². The molecule has 0 aliphatic rings. The van der Waals surface area contributed by atoms with Crippen molar-refractivity contribution in [2.24, 2.45) is 11.3 Å². The summed E-state index contributed by atoms with van der Waals surface area (Å²) in [5, 5.41) is 21.4. The topological polar surface area (TPSA) is 101 Å². The summed E-state index contributed by atoms with van der Waals surface area (Å²) in [4.78, 5) is 22.0. The van der Waals surface area contributed by atoms with Gasteiger partial charge in [0.2, 0.25) is 0 Å². The zero-order valence-electron chi connectivity index (χ0n) is 29.3. The van der Waals surface area contributed by atoms with Gasteiger partial charge in [0.05, 0.1) is 32.7 Å². The van der Waals surface area contributed by atoms with Gasteiger partial charge in [0.1, 0.15) is 18.2 Å². The Bertz CT molecular complexity index is 1950. The van der Waals surface area contributed by atoms with E-state index >= 15 is 0 Å². The Hall–Kier alpha value is -4.43. The zero-order valence-corrected chi connectivity index (χ0v) is 30.1. The lowest BCUT2D eigenvalue weighted by atomic mass is 9.81. The second-order valence-electron chi connectivity index (χ2n) is 13.5. The molecule has 2 atom stereocenters. The highest BCUT2D eigenvalue weighted by atomic mass is 32.2. The predicted octanol–water partition coefficient (Wildman–Crippen LogP) is 10.4. The highest BCUT2D eigenvalue weighted by molar-refractivity contribution is 8.16. The summed E-state index contributed by atoms with van der Waals surface area (Å²) in [6.07, 6.45) is 5.08. The van der Waals surface area contributed by atoms with E-state index in [1.165, 1.54) is 42.0 Å². The Morgan fingerprint density at radius 1 is 1.06 bits per heavy atom. The third-order valence-corrected chi connectivity index (χ3v) is 10.2. The molecule has 2 unspecified atom stereocenters. The lowest BCUT2D eigenvalue weighted by Gasteiger charge is -2.25. The monoisotopic (exact) mass is 676 g/mol. The number of hydrogen-bond donors (Lipinski definition) is 2. The largest absolute Gasteiger partial charge is 0.487 e. The first-order valence-corrected chi connectivity index (χ1v) is 18.1. The number of carbonyl (C=O) groups is 1. The van der Waals surface area contributed by atoms with Crippen molar-refractivity contribution in [1.29, 1.82) is 5.41 Å². The number of thioether (sulfide) groups is 1. The molecule has 0 bridgehead atoms. The van der Waals surface area contributed by atoms with E-state index in [4.69, 9.17) is 20.1 Å². The van der Waals surface area contributed by atoms with Crippen LogP contribution in [0.4, 0.5) is 0 Å². The van der Waals surface area contributed by atoms with E-state index in [1.54, 1.807) is 19.3 Å². The summed E-state index contributed by atoms with van der Waals surface area (Å²) in [5.74, 6) is 1.53. The molecular weight excluding hydrogens is 629 g/mol. The highest BCUT2D eigenvalue weighted by Crippen LogP contribution is 2.35. The molecule has 2 heterocycles. The molecule has 5 rings (SSSR count). The van der Waals surface area contributed by atoms with Gasteiger partial charge in [-0.2, -0.15) is 0 Å². The lowest BCUT2D eigenvalue weighted by Crippen LogP contribution is -2.27. The van der Waals surface area contributed by atoms with Crippen molar-refractivity contribution in [3.05, 3.63) is 113 Å². The molecule has 8 heteroatoms. The molecular formula is C41H48N4O3S. The van der Waals surface area contributed by atoms with E-state index in [0.29, 0.717) is 41.6 Å². The number of aromatic nitrogens is 3. The number of aliphatic carboxylic acids is 1. The first-order valence-electron chi connectivity index (χ1n) is 17.2. The molecule has 0 spiro atoms. The summed E-state index contributed by atoms with van der Waals surface area (Å²) in [5.41, 5.74) is 5.71. The van der Waals surface area contributed by atoms with Gasteiger partial charge in [-0.3, -0.25) is 10.2 Å². The minimum atomic E-state index is -0.997. The van der Waals surface area contributed by atoms with Gasteiger partial charge in [-0.1, -0.05) is 101 Å². The number of pyridine rings is 1. The van der Waals surface area contributed by atoms with Crippen molar-refractivity contribution < 1.29 is 14.6 Å². The summed E-state index contributed by atoms with van der Waals surface area (Å²) >= 11 is 1.28. The van der Waals surface area contributed by atoms with E-state index < -0.39 is 11.4 Å². The van der Waals surface area contributed by atoms with Crippen molar-refractivity contribution in [3.63, 3.8) is 0 Å². The van der Waals surface area contributed by atoms with Crippen LogP contribution in [-0.2, 0) is 24.4 Å². The van der Waals surface area contributed by atoms with Gasteiger partial charge in [-0.15, -0.1) is 0 Å². The summed E-state index contributed by atoms with van der Waals surface area (Å²) in [6, 6.07) is 24.4. The number of fused-ring (bicyclic) bond motifs is 2. The molecule has 0 saturated heterocycles. The molecule has 0 aliphatic heterocycles. The van der Waals surface area contributed by atoms with Gasteiger partial charge >= 0.3 is 5.97 Å². The van der Waals surface area contributed by atoms with Gasteiger partial charge in [0.15, 0.2) is 0 Å². The third kappa shape index (κ3) is 8.42. The molecule has 0 saturated carbocycles. The number of imidazole rings is 1. The van der Waals surface area contributed by atoms with Crippen LogP contribution in [0.15, 0.2) is 84.8 Å². The first-order chi connectivity index (χ1) is 23.5. The van der Waals surface area contributed by atoms with E-state index in [2.05, 4.69) is 56.2 Å². The van der Waals surface area contributed by atoms with E-state index in [0.717, 1.165) is 39.8 Å². The fraction of sp³-hybridized carbons (Fsp3) is 0.366. The summed E-state index contributed by atoms with van der Waals surface area (Å²) in [7, 11) is 0. The number of hydrogen-bond acceptors (Lipinski definition) is 6. The second kappa shape index (κ2) is 15.9. The molecule has 0 amide bonds. The SMILES string of the molecule is C=CSC(=N)c1ccc(Cn2c(CC(C)(C)C(=O)O)nc3cc(OCc4cc(C(C)C(CC)CCCC)c5ccccc5n4)ccc32)cc1. The Morgan fingerprint density at radius 3 is 2.51 bits per heavy atom. The van der Waals surface area contributed by atoms with Crippen molar-refractivity contribution in [3.8, 4) is 5.75 Å². The second-order valence-corrected chi connectivity index (χ2v) is 14.5. The van der Waals surface area contributed by atoms with Crippen molar-refractivity contribution >= 4 is 44.7 Å². The van der Waals surface area contributed by atoms with E-state index in [1.807, 2.05) is 48.5 Å². The number of nitrogens with one attached hydrogen (secondary N) is 1. The summed E-state index contributed by atoms with van der Waals surface area (Å²) < 4.78 is 8.45. The minimum absolute atomic E-state index is 0.269. The maximum atomic E-state index is 12.1. The third-order valence-electron chi connectivity index (χ3n) is 9.57. The average molecular weight is 677 g/mol. The van der Waals surface area contributed by atoms with Gasteiger partial charge in [-0.25, -0.2) is 9.97 Å². The van der Waals surface area contributed by atoms with Gasteiger partial charge in [-0.05, 0) is 72.9 Å². The minimum Gasteiger partial charge on any atom is -0.487 e. The fourth-order valence-electron chi connectivity index (χ4n) is 6.52. The van der Waals surface area contributed by atoms with Crippen LogP contribution in [0.25, 0.3) is 21.9 Å². The molecule has 5 aromatic rings. The van der Waals surface area contributed by atoms with Crippen molar-refractivity contribution in [2.75, 3.05) is 0 Å². The maximum absolute atomic E-state index is 12.1. The molecule has 0 radical (unpaired) electrons. The Kier molecular flexibility index (Phi) is 11.6. The predicted molar refractivity (Wildman–Crippen MR) is 203 cm³/mol. The number of para-hydroxylation sites is 1. The van der Waals surface area contributed by atoms with Crippen LogP contribution in [-0.4, -0.2) is 30.7 Å². The average Bonchev–Trinajstić information content (AvgIpc) is 3.42. The smallest absolute Gasteiger partial charge is 0.309 e. The molecule has 49 heavy (non-hydrogen) atoms. The molecule has 256 valence electrons. The molecule has 2 aromatic heterocycles. The molecule has 2 N–H and O–H groups in total. The van der Waals surface area contributed by atoms with Crippen LogP contribution < -0.4 is 4.74 Å². The first kappa shape index (κ1) is 35.9. The number of benzene rings is 3. The van der Waals surface area contributed by atoms with E-state index in [9.17, 15) is 9.90 Å². The number of carboxylic acids is 1. The van der Waals surface area contributed by atoms with Gasteiger partial charge in [0, 0.05) is 30.0 Å². The molecule has 3 aromatic carbocycles. The van der Waals surface area contributed by atoms with Crippen LogP contribution in [0.5, 0.6) is 5.75 Å². The van der Waals surface area contributed by atoms with Crippen LogP contribution in [0.1, 0.15) is 94.4 Å². The zero-order chi connectivity index (χ0) is 35.1. The van der Waals surface area contributed by atoms with Crippen molar-refractivity contribution in [2.45, 2.75) is 85.8 Å². The number of nitrogens with zero attached hydrogens (tertiary/aromatic N) is 3. The quantitative estimate of drug-likeness (QED) is 0.0797. The number of carboxylic acid groups (broad SMARTS) is 1. The summed E-state index contributed by atoms with van der Waals surface area (Å²) in [6.45, 7) is 14.9. The van der Waals surface area contributed by atoms with Gasteiger partial charge < -0.3 is 14.4 Å². The highest BCUT2D eigenvalue weighted by Gasteiger charge is 2.30. The molecule has 0 fully saturated rings. The van der Waals surface area contributed by atoms with Crippen LogP contribution in [0, 0.1) is 16.7 Å². The standard InChI is InChI=1S/C41H48N4O3S/c1-7-10-13-29(8-2)27(4)34-22-31(43-35-15-12-11-14-33(34)35)26-48-32-20-21-37-36(23-32)44-38(24-41(5,6)40(46)47)45(37)25-28-16-18-30(19-17-28)39(42)49-9-3/h9,11-12,14-23,27,29,42H,3,7-8,10,13,24-26H2,1-2,4-6H3,(H,46,47). The van der Waals surface area contributed by atoms with Crippen LogP contribution in [0.3, 0.4) is 0 Å². The van der Waals surface area contributed by atoms with Gasteiger partial charge in [0.25, 0.3) is 0 Å². The maximum Gasteiger partial charge on any atom is 0.309 e. The van der Waals surface area contributed by atoms with E-state index in [-0.39, 0.29) is 6.42 Å². The normalized spacial score (nSPS) is 13.0. The number of unbranched alkanes of at least 4 members (excludes halogenated alkanes) is 1. The Morgan fingerprint density at radius 2 is 1.82 bits per heavy atom.